The van der Waals surface area contributed by atoms with E-state index < -0.39 is 0 Å². The van der Waals surface area contributed by atoms with Crippen molar-refractivity contribution in [2.24, 2.45) is 171 Å². The van der Waals surface area contributed by atoms with Gasteiger partial charge in [0.15, 0.2) is 0 Å². The van der Waals surface area contributed by atoms with E-state index in [0.717, 1.165) is 82.2 Å². The quantitative estimate of drug-likeness (QED) is 0.344. The van der Waals surface area contributed by atoms with Crippen LogP contribution in [0.2, 0.25) is 0 Å². The van der Waals surface area contributed by atoms with Crippen molar-refractivity contribution >= 4 is 0 Å². The molecule has 30 atom stereocenters. The Bertz CT molecular complexity index is 1890. The Morgan fingerprint density at radius 1 is 0.571 bits per heavy atom. The van der Waals surface area contributed by atoms with Gasteiger partial charge in [-0.3, -0.25) is 0 Å². The Labute approximate surface area is 250 Å². The summed E-state index contributed by atoms with van der Waals surface area (Å²) in [6, 6.07) is 0. The van der Waals surface area contributed by atoms with Gasteiger partial charge in [0, 0.05) is 0 Å². The van der Waals surface area contributed by atoms with Gasteiger partial charge in [-0.25, -0.2) is 0 Å². The Hall–Kier alpha value is 0. The third-order valence-corrected chi connectivity index (χ3v) is 30.0. The van der Waals surface area contributed by atoms with Crippen molar-refractivity contribution in [1.29, 1.82) is 0 Å². The van der Waals surface area contributed by atoms with Crippen molar-refractivity contribution < 1.29 is 0 Å². The predicted octanol–water partition coefficient (Wildman–Crippen LogP) is 7.39. The standard InChI is InChI=1S/C42H46/c1-13-24-21-11-22-29-33(7-6-16-17-10-20-27-18-8-15-9-19-28-26(16)35(17,20)37(27,28)34(15,18)19)12-23-25-14(2)31(4)32(5)30(13,3)39(24)36(21,22)41(29)38(23,33)40(25,31)42(32,39)41/h13-29H,6-12H2,1-5H3/t13-,14+,15?,16?,17?,18?,19?,20?,21?,22?,23?,24?,25?,26?,27?,28?,29?,30?,31?,32?,33?,34?,35?,36?,37?,38?,39?,40?,41?,42?/m1/s1. The lowest BCUT2D eigenvalue weighted by molar-refractivity contribution is -0.971. The minimum Gasteiger partial charge on any atom is -0.0616 e. The lowest BCUT2D eigenvalue weighted by Gasteiger charge is -3.42. The largest absolute Gasteiger partial charge is 0.0616 e. The highest BCUT2D eigenvalue weighted by Crippen LogP contribution is 3.43. The second kappa shape index (κ2) is 3.55. The van der Waals surface area contributed by atoms with E-state index in [1.165, 1.54) is 88.8 Å². The highest BCUT2D eigenvalue weighted by Gasteiger charge is 3.41. The highest BCUT2D eigenvalue weighted by atomic mass is 15.4. The second-order valence-corrected chi connectivity index (χ2v) is 24.2. The van der Waals surface area contributed by atoms with Crippen LogP contribution in [-0.4, -0.2) is 0 Å². The minimum absolute atomic E-state index is 0.719. The summed E-state index contributed by atoms with van der Waals surface area (Å²) >= 11 is 0. The number of rotatable bonds is 3. The van der Waals surface area contributed by atoms with Gasteiger partial charge >= 0.3 is 0 Å². The summed E-state index contributed by atoms with van der Waals surface area (Å²) < 4.78 is 0. The maximum Gasteiger partial charge on any atom is -0.00204 e. The molecule has 0 N–H and O–H groups in total. The fourth-order valence-corrected chi connectivity index (χ4v) is 33.5. The molecule has 9 spiro atoms. The van der Waals surface area contributed by atoms with Gasteiger partial charge in [-0.15, -0.1) is 0 Å². The Balaban J connectivity index is 0.756. The second-order valence-electron chi connectivity index (χ2n) is 24.2. The van der Waals surface area contributed by atoms with Crippen LogP contribution < -0.4 is 0 Å². The Morgan fingerprint density at radius 2 is 1.29 bits per heavy atom. The average molecular weight is 551 g/mol. The third-order valence-electron chi connectivity index (χ3n) is 30.0. The summed E-state index contributed by atoms with van der Waals surface area (Å²) in [5, 5.41) is 0. The van der Waals surface area contributed by atoms with Gasteiger partial charge in [0.2, 0.25) is 0 Å². The van der Waals surface area contributed by atoms with Gasteiger partial charge in [0.1, 0.15) is 0 Å². The van der Waals surface area contributed by atoms with Crippen molar-refractivity contribution in [3.8, 4) is 0 Å². The van der Waals surface area contributed by atoms with E-state index in [0.29, 0.717) is 0 Å². The van der Waals surface area contributed by atoms with E-state index >= 15 is 0 Å². The third kappa shape index (κ3) is 0.641. The number of hydrogen-bond acceptors (Lipinski definition) is 0. The summed E-state index contributed by atoms with van der Waals surface area (Å²) in [6.07, 6.45) is 12.2. The SMILES string of the molecule is C[C@@H]1C2C3CC4C5C6(CCC7C8CC9C%10C%11CC%12CC%13C%14C7C89C%10%14C%12%11%13)CC7C8[C@H](C)C9(C)C%10(C)C1(C)C21C34C52C76C89C%1012. The fraction of sp³-hybridized carbons (Fsp3) is 1.00. The average Bonchev–Trinajstić information content (AvgIpc) is 2.89. The van der Waals surface area contributed by atoms with Crippen molar-refractivity contribution in [3.05, 3.63) is 0 Å². The van der Waals surface area contributed by atoms with Crippen molar-refractivity contribution in [1.82, 2.24) is 0 Å². The summed E-state index contributed by atoms with van der Waals surface area (Å²) in [7, 11) is 0. The minimum atomic E-state index is 0.719. The summed E-state index contributed by atoms with van der Waals surface area (Å²) in [5.41, 5.74) is 11.7. The molecule has 0 aromatic rings. The van der Waals surface area contributed by atoms with Crippen LogP contribution in [-0.2, 0) is 0 Å². The lowest BCUT2D eigenvalue weighted by Crippen LogP contribution is -3.40. The smallest absolute Gasteiger partial charge is 0.00204 e. The highest BCUT2D eigenvalue weighted by molar-refractivity contribution is 5.86. The van der Waals surface area contributed by atoms with Gasteiger partial charge in [0.25, 0.3) is 0 Å². The summed E-state index contributed by atoms with van der Waals surface area (Å²) in [4.78, 5) is 0. The van der Waals surface area contributed by atoms with Crippen LogP contribution in [0, 0.1) is 171 Å². The normalized spacial score (nSPS) is 107. The topological polar surface area (TPSA) is 0 Å². The first-order valence-corrected chi connectivity index (χ1v) is 20.3. The predicted molar refractivity (Wildman–Crippen MR) is 152 cm³/mol. The first kappa shape index (κ1) is 19.0. The lowest BCUT2D eigenvalue weighted by atomic mass is 8.60. The van der Waals surface area contributed by atoms with E-state index in [-0.39, 0.29) is 0 Å². The van der Waals surface area contributed by atoms with Crippen LogP contribution in [0.1, 0.15) is 79.6 Å². The van der Waals surface area contributed by atoms with Gasteiger partial charge < -0.3 is 0 Å². The van der Waals surface area contributed by atoms with E-state index in [9.17, 15) is 0 Å². The van der Waals surface area contributed by atoms with Crippen LogP contribution in [0.5, 0.6) is 0 Å². The molecule has 20 aliphatic carbocycles. The molecule has 0 amide bonds. The molecule has 0 radical (unpaired) electrons. The molecule has 0 nitrogen and oxygen atoms in total. The molecule has 0 aromatic heterocycles. The maximum atomic E-state index is 2.99. The summed E-state index contributed by atoms with van der Waals surface area (Å²) in [6.45, 7) is 14.5. The number of fused-ring (bicyclic) bond motifs is 10. The van der Waals surface area contributed by atoms with Gasteiger partial charge in [0.05, 0.1) is 0 Å². The Morgan fingerprint density at radius 3 is 2.10 bits per heavy atom. The molecule has 0 heteroatoms. The molecular formula is C42H46. The van der Waals surface area contributed by atoms with Gasteiger partial charge in [-0.1, -0.05) is 34.6 Å². The molecule has 0 heterocycles. The molecule has 0 aromatic carbocycles. The summed E-state index contributed by atoms with van der Waals surface area (Å²) in [5.74, 6) is 21.0. The zero-order valence-electron chi connectivity index (χ0n) is 26.3. The van der Waals surface area contributed by atoms with Crippen LogP contribution in [0.25, 0.3) is 0 Å². The first-order valence-electron chi connectivity index (χ1n) is 20.3. The van der Waals surface area contributed by atoms with Crippen molar-refractivity contribution in [2.45, 2.75) is 79.6 Å². The van der Waals surface area contributed by atoms with Crippen LogP contribution in [0.3, 0.4) is 0 Å². The van der Waals surface area contributed by atoms with E-state index in [2.05, 4.69) is 34.6 Å². The maximum absolute atomic E-state index is 2.99. The molecule has 20 aliphatic rings. The molecule has 0 aliphatic heterocycles. The molecule has 20 fully saturated rings. The monoisotopic (exact) mass is 550 g/mol. The molecule has 214 valence electrons. The van der Waals surface area contributed by atoms with Gasteiger partial charge in [-0.05, 0) is 216 Å². The van der Waals surface area contributed by atoms with Crippen molar-refractivity contribution in [3.63, 3.8) is 0 Å². The molecular weight excluding hydrogens is 504 g/mol. The molecule has 0 bridgehead atoms. The molecule has 20 saturated carbocycles. The van der Waals surface area contributed by atoms with E-state index in [1.54, 1.807) is 44.9 Å². The van der Waals surface area contributed by atoms with E-state index in [1.807, 2.05) is 0 Å². The van der Waals surface area contributed by atoms with Gasteiger partial charge in [-0.2, -0.15) is 0 Å². The van der Waals surface area contributed by atoms with E-state index in [4.69, 9.17) is 0 Å². The Kier molecular flexibility index (Phi) is 1.60. The molecule has 20 rings (SSSR count). The van der Waals surface area contributed by atoms with Crippen molar-refractivity contribution in [2.75, 3.05) is 0 Å². The van der Waals surface area contributed by atoms with Crippen LogP contribution >= 0.6 is 0 Å². The fourth-order valence-electron chi connectivity index (χ4n) is 33.5. The zero-order chi connectivity index (χ0) is 26.3. The molecule has 0 saturated heterocycles. The molecule has 42 heavy (non-hydrogen) atoms. The molecule has 28 unspecified atom stereocenters. The van der Waals surface area contributed by atoms with Crippen LogP contribution in [0.15, 0.2) is 0 Å². The van der Waals surface area contributed by atoms with Crippen LogP contribution in [0.4, 0.5) is 0 Å². The first-order chi connectivity index (χ1) is 20.3. The zero-order valence-corrected chi connectivity index (χ0v) is 26.3. The number of hydrogen-bond donors (Lipinski definition) is 0.